The summed E-state index contributed by atoms with van der Waals surface area (Å²) in [6, 6.07) is 17.4. The number of carbonyl (C=O) groups excluding carboxylic acids is 2. The van der Waals surface area contributed by atoms with Crippen LogP contribution in [0, 0.1) is 13.8 Å². The maximum Gasteiger partial charge on any atom is 0.255 e. The Morgan fingerprint density at radius 2 is 1.41 bits per heavy atom. The molecule has 3 aromatic rings. The molecule has 0 bridgehead atoms. The van der Waals surface area contributed by atoms with Crippen molar-refractivity contribution in [3.63, 3.8) is 0 Å². The normalized spacial score (nSPS) is 16.0. The zero-order chi connectivity index (χ0) is 24.4. The molecule has 1 fully saturated rings. The number of piperazine rings is 1. The average molecular weight is 461 g/mol. The van der Waals surface area contributed by atoms with Gasteiger partial charge in [0, 0.05) is 11.8 Å². The van der Waals surface area contributed by atoms with E-state index in [1.165, 1.54) is 12.0 Å². The Morgan fingerprint density at radius 3 is 2.03 bits per heavy atom. The molecule has 0 aliphatic carbocycles. The van der Waals surface area contributed by atoms with Crippen LogP contribution in [0.1, 0.15) is 22.7 Å². The van der Waals surface area contributed by atoms with E-state index in [0.717, 1.165) is 11.1 Å². The molecule has 2 amide bonds. The van der Waals surface area contributed by atoms with E-state index in [4.69, 9.17) is 14.2 Å². The minimum absolute atomic E-state index is 0.110. The Bertz CT molecular complexity index is 1220. The highest BCUT2D eigenvalue weighted by atomic mass is 16.5. The Hall–Kier alpha value is -4.00. The third-order valence-electron chi connectivity index (χ3n) is 6.04. The molecule has 0 aromatic heterocycles. The summed E-state index contributed by atoms with van der Waals surface area (Å²) in [7, 11) is 4.67. The fraction of sp³-hybridized carbons (Fsp3) is 0.259. The van der Waals surface area contributed by atoms with Crippen molar-refractivity contribution in [2.45, 2.75) is 19.9 Å². The molecule has 1 saturated heterocycles. The number of hydrogen-bond donors (Lipinski definition) is 0. The van der Waals surface area contributed by atoms with Crippen molar-refractivity contribution in [1.29, 1.82) is 0 Å². The largest absolute Gasteiger partial charge is 0.497 e. The highest BCUT2D eigenvalue weighted by Crippen LogP contribution is 2.40. The summed E-state index contributed by atoms with van der Waals surface area (Å²) in [5.41, 5.74) is 3.93. The maximum absolute atomic E-state index is 14.0. The minimum Gasteiger partial charge on any atom is -0.497 e. The van der Waals surface area contributed by atoms with Gasteiger partial charge < -0.3 is 14.2 Å². The quantitative estimate of drug-likeness (QED) is 0.544. The molecule has 176 valence electrons. The van der Waals surface area contributed by atoms with Crippen LogP contribution < -0.4 is 24.0 Å². The minimum atomic E-state index is -0.847. The predicted molar refractivity (Wildman–Crippen MR) is 131 cm³/mol. The number of carbonyl (C=O) groups is 2. The second kappa shape index (κ2) is 9.47. The number of amides is 2. The third kappa shape index (κ3) is 4.17. The first-order chi connectivity index (χ1) is 16.4. The number of rotatable bonds is 6. The van der Waals surface area contributed by atoms with Gasteiger partial charge in [-0.2, -0.15) is 0 Å². The number of nitrogens with zero attached hydrogens (tertiary/aromatic N) is 2. The summed E-state index contributed by atoms with van der Waals surface area (Å²) >= 11 is 0. The van der Waals surface area contributed by atoms with Crippen LogP contribution in [0.4, 0.5) is 11.4 Å². The van der Waals surface area contributed by atoms with Crippen molar-refractivity contribution in [1.82, 2.24) is 0 Å². The first-order valence-corrected chi connectivity index (χ1v) is 10.9. The fourth-order valence-corrected chi connectivity index (χ4v) is 4.33. The molecule has 1 aliphatic heterocycles. The monoisotopic (exact) mass is 460 g/mol. The summed E-state index contributed by atoms with van der Waals surface area (Å²) in [5, 5.41) is 0. The summed E-state index contributed by atoms with van der Waals surface area (Å²) < 4.78 is 16.1. The van der Waals surface area contributed by atoms with Crippen LogP contribution in [-0.2, 0) is 9.59 Å². The number of ether oxygens (including phenoxy) is 3. The van der Waals surface area contributed by atoms with Crippen LogP contribution in [-0.4, -0.2) is 39.7 Å². The van der Waals surface area contributed by atoms with E-state index in [1.54, 1.807) is 49.5 Å². The Kier molecular flexibility index (Phi) is 6.45. The molecule has 34 heavy (non-hydrogen) atoms. The summed E-state index contributed by atoms with van der Waals surface area (Å²) in [4.78, 5) is 30.7. The molecule has 7 heteroatoms. The van der Waals surface area contributed by atoms with Gasteiger partial charge in [0.15, 0.2) is 0 Å². The molecule has 4 rings (SSSR count). The number of anilines is 2. The average Bonchev–Trinajstić information content (AvgIpc) is 2.85. The van der Waals surface area contributed by atoms with Crippen LogP contribution in [0.5, 0.6) is 17.2 Å². The molecule has 0 unspecified atom stereocenters. The molecule has 7 nitrogen and oxygen atoms in total. The van der Waals surface area contributed by atoms with Crippen molar-refractivity contribution in [3.8, 4) is 17.2 Å². The van der Waals surface area contributed by atoms with Gasteiger partial charge in [0.1, 0.15) is 29.8 Å². The summed E-state index contributed by atoms with van der Waals surface area (Å²) in [6.07, 6.45) is 0. The van der Waals surface area contributed by atoms with Crippen LogP contribution in [0.3, 0.4) is 0 Å². The van der Waals surface area contributed by atoms with Crippen molar-refractivity contribution >= 4 is 23.2 Å². The van der Waals surface area contributed by atoms with E-state index in [1.807, 2.05) is 44.2 Å². The lowest BCUT2D eigenvalue weighted by atomic mass is 9.97. The summed E-state index contributed by atoms with van der Waals surface area (Å²) in [6.45, 7) is 3.84. The van der Waals surface area contributed by atoms with Gasteiger partial charge in [-0.05, 0) is 55.3 Å². The van der Waals surface area contributed by atoms with Crippen molar-refractivity contribution < 1.29 is 23.8 Å². The van der Waals surface area contributed by atoms with Crippen molar-refractivity contribution in [2.24, 2.45) is 0 Å². The molecule has 0 spiro atoms. The van der Waals surface area contributed by atoms with Gasteiger partial charge in [-0.3, -0.25) is 19.4 Å². The van der Waals surface area contributed by atoms with E-state index in [-0.39, 0.29) is 18.4 Å². The number of hydrogen-bond acceptors (Lipinski definition) is 5. The Balaban J connectivity index is 1.84. The van der Waals surface area contributed by atoms with Gasteiger partial charge in [-0.25, -0.2) is 0 Å². The van der Waals surface area contributed by atoms with Crippen LogP contribution in [0.2, 0.25) is 0 Å². The van der Waals surface area contributed by atoms with Crippen LogP contribution in [0.25, 0.3) is 0 Å². The van der Waals surface area contributed by atoms with Gasteiger partial charge in [0.2, 0.25) is 5.91 Å². The third-order valence-corrected chi connectivity index (χ3v) is 6.04. The molecule has 3 aromatic carbocycles. The molecule has 1 atom stereocenters. The molecule has 0 radical (unpaired) electrons. The predicted octanol–water partition coefficient (Wildman–Crippen LogP) is 4.45. The molecular formula is C27H28N2O5. The smallest absolute Gasteiger partial charge is 0.255 e. The van der Waals surface area contributed by atoms with E-state index >= 15 is 0 Å². The van der Waals surface area contributed by atoms with Crippen molar-refractivity contribution in [3.05, 3.63) is 77.4 Å². The number of methoxy groups -OCH3 is 3. The van der Waals surface area contributed by atoms with E-state index < -0.39 is 6.04 Å². The van der Waals surface area contributed by atoms with Gasteiger partial charge >= 0.3 is 0 Å². The standard InChI is InChI=1S/C27H28N2O5/c1-17-6-12-22(18(2)14-17)29-25(30)16-28(23-13-11-21(33-4)15-24(23)34-5)27(31)26(29)19-7-9-20(32-3)10-8-19/h6-15,26H,16H2,1-5H3/t26-/m0/s1. The Labute approximate surface area is 199 Å². The van der Waals surface area contributed by atoms with Gasteiger partial charge in [0.25, 0.3) is 5.91 Å². The molecule has 0 saturated carbocycles. The first kappa shape index (κ1) is 23.2. The highest BCUT2D eigenvalue weighted by molar-refractivity contribution is 6.15. The van der Waals surface area contributed by atoms with Crippen LogP contribution >= 0.6 is 0 Å². The maximum atomic E-state index is 14.0. The van der Waals surface area contributed by atoms with Gasteiger partial charge in [-0.15, -0.1) is 0 Å². The van der Waals surface area contributed by atoms with Crippen molar-refractivity contribution in [2.75, 3.05) is 37.7 Å². The lowest BCUT2D eigenvalue weighted by molar-refractivity contribution is -0.128. The molecule has 1 heterocycles. The zero-order valence-corrected chi connectivity index (χ0v) is 20.0. The van der Waals surface area contributed by atoms with E-state index in [2.05, 4.69) is 0 Å². The topological polar surface area (TPSA) is 68.3 Å². The second-order valence-corrected chi connectivity index (χ2v) is 8.19. The fourth-order valence-electron chi connectivity index (χ4n) is 4.33. The molecular weight excluding hydrogens is 432 g/mol. The SMILES string of the molecule is COc1ccc([C@H]2C(=O)N(c3ccc(OC)cc3OC)CC(=O)N2c2ccc(C)cc2C)cc1. The second-order valence-electron chi connectivity index (χ2n) is 8.19. The zero-order valence-electron chi connectivity index (χ0n) is 20.0. The van der Waals surface area contributed by atoms with Crippen LogP contribution in [0.15, 0.2) is 60.7 Å². The number of benzene rings is 3. The lowest BCUT2D eigenvalue weighted by Gasteiger charge is -2.41. The molecule has 0 N–H and O–H groups in total. The highest BCUT2D eigenvalue weighted by Gasteiger charge is 2.43. The van der Waals surface area contributed by atoms with Gasteiger partial charge in [-0.1, -0.05) is 29.8 Å². The van der Waals surface area contributed by atoms with E-state index in [0.29, 0.717) is 34.2 Å². The first-order valence-electron chi connectivity index (χ1n) is 10.9. The van der Waals surface area contributed by atoms with Gasteiger partial charge in [0.05, 0.1) is 27.0 Å². The summed E-state index contributed by atoms with van der Waals surface area (Å²) in [5.74, 6) is 1.30. The Morgan fingerprint density at radius 1 is 0.765 bits per heavy atom. The van der Waals surface area contributed by atoms with E-state index in [9.17, 15) is 9.59 Å². The lowest BCUT2D eigenvalue weighted by Crippen LogP contribution is -2.56. The number of aryl methyl sites for hydroxylation is 2. The molecule has 1 aliphatic rings.